The van der Waals surface area contributed by atoms with Crippen molar-refractivity contribution in [1.29, 1.82) is 0 Å². The molecule has 196 valence electrons. The molecule has 0 unspecified atom stereocenters. The lowest BCUT2D eigenvalue weighted by atomic mass is 10.1. The number of H-pyrrole nitrogens is 1. The maximum atomic E-state index is 6.37. The molecule has 11 nitrogen and oxygen atoms in total. The molecule has 5 aromatic rings. The summed E-state index contributed by atoms with van der Waals surface area (Å²) >= 11 is 6.30. The zero-order valence-electron chi connectivity index (χ0n) is 21.7. The van der Waals surface area contributed by atoms with Crippen molar-refractivity contribution in [2.45, 2.75) is 33.9 Å². The number of nitrogens with one attached hydrogen (secondary N) is 2. The van der Waals surface area contributed by atoms with Crippen LogP contribution >= 0.6 is 11.6 Å². The van der Waals surface area contributed by atoms with Gasteiger partial charge in [0.15, 0.2) is 5.82 Å². The van der Waals surface area contributed by atoms with E-state index in [1.165, 1.54) is 0 Å². The molecule has 0 aliphatic carbocycles. The van der Waals surface area contributed by atoms with Crippen LogP contribution in [0.25, 0.3) is 33.5 Å². The molecule has 4 aromatic heterocycles. The Morgan fingerprint density at radius 2 is 2.00 bits per heavy atom. The summed E-state index contributed by atoms with van der Waals surface area (Å²) in [6.07, 6.45) is 7.36. The van der Waals surface area contributed by atoms with Gasteiger partial charge < -0.3 is 10.7 Å². The number of nitrogen functional groups attached to an aromatic ring is 1. The molecule has 0 amide bonds. The van der Waals surface area contributed by atoms with Crippen LogP contribution in [0, 0.1) is 0 Å². The van der Waals surface area contributed by atoms with E-state index in [0.29, 0.717) is 41.0 Å². The molecule has 0 radical (unpaired) electrons. The van der Waals surface area contributed by atoms with E-state index in [1.807, 2.05) is 81.5 Å². The Morgan fingerprint density at radius 1 is 1.16 bits per heavy atom. The van der Waals surface area contributed by atoms with Crippen molar-refractivity contribution in [2.24, 2.45) is 0 Å². The van der Waals surface area contributed by atoms with E-state index in [1.54, 1.807) is 17.1 Å². The van der Waals surface area contributed by atoms with Crippen molar-refractivity contribution in [3.05, 3.63) is 77.6 Å². The molecule has 0 spiro atoms. The van der Waals surface area contributed by atoms with Crippen molar-refractivity contribution in [1.82, 2.24) is 50.6 Å². The highest BCUT2D eigenvalue weighted by Gasteiger charge is 2.19. The van der Waals surface area contributed by atoms with E-state index in [2.05, 4.69) is 30.9 Å². The standard InChI is InChI=1S/C24H24ClN11.C2H6/c1-3-10-35(2)28-12-19-21(15-7-8-18-17(11-15)23(25)33-31-18)30-22(24(26)29-19)20-14-36(34-32-20)13-16-6-4-5-9-27-16;1-2/h3-11,14,28H,12-13H2,1-2H3,(H2,26,29)(H,31,33);1-2H3/b10-3-;. The number of aromatic nitrogens is 8. The maximum Gasteiger partial charge on any atom is 0.152 e. The highest BCUT2D eigenvalue weighted by atomic mass is 35.5. The largest absolute Gasteiger partial charge is 0.382 e. The van der Waals surface area contributed by atoms with Gasteiger partial charge in [0, 0.05) is 30.4 Å². The van der Waals surface area contributed by atoms with Gasteiger partial charge in [0.1, 0.15) is 16.5 Å². The lowest BCUT2D eigenvalue weighted by Gasteiger charge is -2.17. The van der Waals surface area contributed by atoms with Crippen molar-refractivity contribution >= 4 is 28.3 Å². The van der Waals surface area contributed by atoms with Gasteiger partial charge in [0.25, 0.3) is 0 Å². The van der Waals surface area contributed by atoms with Crippen LogP contribution in [0.3, 0.4) is 0 Å². The van der Waals surface area contributed by atoms with Gasteiger partial charge in [0.05, 0.1) is 41.9 Å². The van der Waals surface area contributed by atoms with Gasteiger partial charge in [-0.2, -0.15) is 5.10 Å². The van der Waals surface area contributed by atoms with Gasteiger partial charge in [-0.15, -0.1) is 5.10 Å². The predicted octanol–water partition coefficient (Wildman–Crippen LogP) is 4.45. The summed E-state index contributed by atoms with van der Waals surface area (Å²) in [4.78, 5) is 13.9. The third-order valence-electron chi connectivity index (χ3n) is 5.48. The second kappa shape index (κ2) is 12.3. The molecule has 5 rings (SSSR count). The van der Waals surface area contributed by atoms with Gasteiger partial charge in [-0.1, -0.05) is 48.9 Å². The Bertz CT molecular complexity index is 1530. The molecule has 12 heteroatoms. The molecular formula is C26H30ClN11. The first-order valence-corrected chi connectivity index (χ1v) is 12.6. The van der Waals surface area contributed by atoms with Crippen molar-refractivity contribution in [3.63, 3.8) is 0 Å². The molecule has 0 aliphatic heterocycles. The molecule has 0 saturated carbocycles. The summed E-state index contributed by atoms with van der Waals surface area (Å²) in [5, 5.41) is 18.6. The number of fused-ring (bicyclic) bond motifs is 1. The Hall–Kier alpha value is -4.35. The van der Waals surface area contributed by atoms with Crippen LogP contribution in [-0.4, -0.2) is 52.2 Å². The summed E-state index contributed by atoms with van der Waals surface area (Å²) in [5.74, 6) is 0.261. The minimum absolute atomic E-state index is 0.261. The fourth-order valence-electron chi connectivity index (χ4n) is 3.77. The van der Waals surface area contributed by atoms with Crippen LogP contribution in [0.5, 0.6) is 0 Å². The predicted molar refractivity (Wildman–Crippen MR) is 150 cm³/mol. The number of benzene rings is 1. The van der Waals surface area contributed by atoms with E-state index in [0.717, 1.165) is 22.2 Å². The van der Waals surface area contributed by atoms with Gasteiger partial charge in [-0.25, -0.2) is 20.1 Å². The van der Waals surface area contributed by atoms with E-state index in [-0.39, 0.29) is 5.82 Å². The number of aromatic amines is 1. The number of rotatable bonds is 8. The highest BCUT2D eigenvalue weighted by Crippen LogP contribution is 2.31. The monoisotopic (exact) mass is 531 g/mol. The number of hydrogen-bond donors (Lipinski definition) is 3. The van der Waals surface area contributed by atoms with E-state index >= 15 is 0 Å². The van der Waals surface area contributed by atoms with Crippen LogP contribution in [-0.2, 0) is 13.1 Å². The van der Waals surface area contributed by atoms with Crippen LogP contribution in [0.1, 0.15) is 32.2 Å². The lowest BCUT2D eigenvalue weighted by Crippen LogP contribution is -2.29. The number of hydrazine groups is 1. The quantitative estimate of drug-likeness (QED) is 0.248. The lowest BCUT2D eigenvalue weighted by molar-refractivity contribution is 0.321. The number of nitrogens with two attached hydrogens (primary N) is 1. The van der Waals surface area contributed by atoms with Crippen LogP contribution < -0.4 is 11.2 Å². The molecule has 0 aliphatic rings. The first kappa shape index (κ1) is 26.7. The number of nitrogens with zero attached hydrogens (tertiary/aromatic N) is 8. The zero-order valence-corrected chi connectivity index (χ0v) is 22.5. The van der Waals surface area contributed by atoms with Crippen molar-refractivity contribution in [3.8, 4) is 22.6 Å². The molecule has 0 saturated heterocycles. The minimum Gasteiger partial charge on any atom is -0.382 e. The fraction of sp³-hybridized carbons (Fsp3) is 0.231. The van der Waals surface area contributed by atoms with Crippen molar-refractivity contribution < 1.29 is 0 Å². The third kappa shape index (κ3) is 5.96. The number of hydrogen-bond acceptors (Lipinski definition) is 9. The van der Waals surface area contributed by atoms with E-state index < -0.39 is 0 Å². The minimum atomic E-state index is 0.261. The fourth-order valence-corrected chi connectivity index (χ4v) is 3.97. The summed E-state index contributed by atoms with van der Waals surface area (Å²) < 4.78 is 1.69. The number of anilines is 1. The Morgan fingerprint density at radius 3 is 2.76 bits per heavy atom. The molecule has 4 heterocycles. The van der Waals surface area contributed by atoms with Crippen molar-refractivity contribution in [2.75, 3.05) is 12.8 Å². The normalized spacial score (nSPS) is 11.1. The SMILES string of the molecule is C/C=C\N(C)NCc1nc(N)c(-c2cn(Cc3ccccn3)nn2)nc1-c1ccc2n[nH]c(Cl)c2c1.CC. The van der Waals surface area contributed by atoms with Gasteiger partial charge >= 0.3 is 0 Å². The average Bonchev–Trinajstić information content (AvgIpc) is 3.55. The Kier molecular flexibility index (Phi) is 8.62. The molecule has 1 aromatic carbocycles. The second-order valence-electron chi connectivity index (χ2n) is 8.07. The summed E-state index contributed by atoms with van der Waals surface area (Å²) in [5.41, 5.74) is 14.4. The second-order valence-corrected chi connectivity index (χ2v) is 8.45. The third-order valence-corrected chi connectivity index (χ3v) is 5.76. The number of allylic oxidation sites excluding steroid dienone is 1. The highest BCUT2D eigenvalue weighted by molar-refractivity contribution is 6.34. The van der Waals surface area contributed by atoms with E-state index in [4.69, 9.17) is 27.3 Å². The first-order valence-electron chi connectivity index (χ1n) is 12.2. The average molecular weight is 532 g/mol. The zero-order chi connectivity index (χ0) is 27.1. The molecular weight excluding hydrogens is 502 g/mol. The number of halogens is 1. The summed E-state index contributed by atoms with van der Waals surface area (Å²) in [7, 11) is 1.90. The van der Waals surface area contributed by atoms with Crippen LogP contribution in [0.15, 0.2) is 61.1 Å². The number of pyridine rings is 1. The van der Waals surface area contributed by atoms with E-state index in [9.17, 15) is 0 Å². The smallest absolute Gasteiger partial charge is 0.152 e. The summed E-state index contributed by atoms with van der Waals surface area (Å²) in [6, 6.07) is 11.5. The molecule has 0 bridgehead atoms. The van der Waals surface area contributed by atoms with Crippen LogP contribution in [0.2, 0.25) is 5.15 Å². The van der Waals surface area contributed by atoms with Gasteiger partial charge in [-0.3, -0.25) is 10.1 Å². The van der Waals surface area contributed by atoms with Gasteiger partial charge in [0.2, 0.25) is 0 Å². The first-order chi connectivity index (χ1) is 18.5. The van der Waals surface area contributed by atoms with Crippen LogP contribution in [0.4, 0.5) is 5.82 Å². The topological polar surface area (TPSA) is 139 Å². The Labute approximate surface area is 225 Å². The maximum absolute atomic E-state index is 6.37. The molecule has 0 atom stereocenters. The Balaban J connectivity index is 0.00000164. The molecule has 4 N–H and O–H groups in total. The molecule has 38 heavy (non-hydrogen) atoms. The summed E-state index contributed by atoms with van der Waals surface area (Å²) in [6.45, 7) is 6.82. The van der Waals surface area contributed by atoms with Gasteiger partial charge in [-0.05, 0) is 31.2 Å². The molecule has 0 fully saturated rings.